The normalized spacial score (nSPS) is 17.0. The van der Waals surface area contributed by atoms with Gasteiger partial charge in [-0.2, -0.15) is 0 Å². The van der Waals surface area contributed by atoms with Gasteiger partial charge in [0.05, 0.1) is 0 Å². The fourth-order valence-corrected chi connectivity index (χ4v) is 3.49. The molecule has 0 spiro atoms. The van der Waals surface area contributed by atoms with Gasteiger partial charge in [-0.3, -0.25) is 10.1 Å². The number of nitrogens with one attached hydrogen (secondary N) is 1. The van der Waals surface area contributed by atoms with E-state index in [1.54, 1.807) is 19.0 Å². The first-order valence-electron chi connectivity index (χ1n) is 8.04. The van der Waals surface area contributed by atoms with Crippen LogP contribution < -0.4 is 10.2 Å². The minimum Gasteiger partial charge on any atom is -0.331 e. The van der Waals surface area contributed by atoms with E-state index >= 15 is 0 Å². The van der Waals surface area contributed by atoms with Crippen molar-refractivity contribution in [3.05, 3.63) is 34.3 Å². The Kier molecular flexibility index (Phi) is 4.71. The second kappa shape index (κ2) is 6.79. The van der Waals surface area contributed by atoms with Gasteiger partial charge in [-0.15, -0.1) is 10.2 Å². The summed E-state index contributed by atoms with van der Waals surface area (Å²) in [5, 5.41) is 12.1. The molecule has 2 aromatic rings. The summed E-state index contributed by atoms with van der Waals surface area (Å²) in [7, 11) is 3.32. The third-order valence-electron chi connectivity index (χ3n) is 4.34. The Morgan fingerprint density at radius 1 is 1.28 bits per heavy atom. The Labute approximate surface area is 150 Å². The number of rotatable bonds is 3. The van der Waals surface area contributed by atoms with Gasteiger partial charge in [0.25, 0.3) is 0 Å². The second-order valence-corrected chi connectivity index (χ2v) is 7.45. The van der Waals surface area contributed by atoms with Crippen molar-refractivity contribution < 1.29 is 9.59 Å². The van der Waals surface area contributed by atoms with Crippen LogP contribution in [0.15, 0.2) is 18.2 Å². The monoisotopic (exact) mass is 359 g/mol. The molecule has 0 radical (unpaired) electrons. The van der Waals surface area contributed by atoms with Crippen LogP contribution in [-0.2, 0) is 4.79 Å². The summed E-state index contributed by atoms with van der Waals surface area (Å²) >= 11 is 1.32. The Morgan fingerprint density at radius 2 is 2.04 bits per heavy atom. The van der Waals surface area contributed by atoms with E-state index in [-0.39, 0.29) is 17.9 Å². The number of urea groups is 1. The molecule has 1 aliphatic rings. The van der Waals surface area contributed by atoms with Crippen molar-refractivity contribution in [2.24, 2.45) is 0 Å². The van der Waals surface area contributed by atoms with E-state index in [1.165, 1.54) is 27.4 Å². The van der Waals surface area contributed by atoms with Crippen molar-refractivity contribution in [2.75, 3.05) is 30.9 Å². The lowest BCUT2D eigenvalue weighted by Crippen LogP contribution is -2.27. The molecule has 1 aliphatic heterocycles. The molecule has 1 N–H and O–H groups in total. The highest BCUT2D eigenvalue weighted by atomic mass is 32.1. The number of hydrogen-bond donors (Lipinski definition) is 1. The van der Waals surface area contributed by atoms with Crippen molar-refractivity contribution in [3.8, 4) is 0 Å². The first-order chi connectivity index (χ1) is 11.8. The van der Waals surface area contributed by atoms with E-state index in [0.29, 0.717) is 18.1 Å². The molecule has 8 heteroatoms. The largest absolute Gasteiger partial charge is 0.331 e. The summed E-state index contributed by atoms with van der Waals surface area (Å²) in [5.74, 6) is 0.0824. The summed E-state index contributed by atoms with van der Waals surface area (Å²) < 4.78 is 0. The molecule has 0 saturated carbocycles. The summed E-state index contributed by atoms with van der Waals surface area (Å²) in [6.07, 6.45) is 0.406. The van der Waals surface area contributed by atoms with Gasteiger partial charge < -0.3 is 9.80 Å². The molecule has 132 valence electrons. The molecule has 2 heterocycles. The summed E-state index contributed by atoms with van der Waals surface area (Å²) in [5.41, 5.74) is 3.29. The van der Waals surface area contributed by atoms with Crippen molar-refractivity contribution in [2.45, 2.75) is 26.2 Å². The topological polar surface area (TPSA) is 78.4 Å². The Morgan fingerprint density at radius 3 is 2.72 bits per heavy atom. The lowest BCUT2D eigenvalue weighted by Gasteiger charge is -2.17. The van der Waals surface area contributed by atoms with Gasteiger partial charge >= 0.3 is 6.03 Å². The quantitative estimate of drug-likeness (QED) is 0.914. The maximum absolute atomic E-state index is 12.4. The van der Waals surface area contributed by atoms with Crippen molar-refractivity contribution in [3.63, 3.8) is 0 Å². The summed E-state index contributed by atoms with van der Waals surface area (Å²) in [6.45, 7) is 4.68. The molecule has 0 bridgehead atoms. The molecule has 7 nitrogen and oxygen atoms in total. The highest BCUT2D eigenvalue weighted by Gasteiger charge is 2.34. The fraction of sp³-hybridized carbons (Fsp3) is 0.412. The summed E-state index contributed by atoms with van der Waals surface area (Å²) in [6, 6.07) is 5.80. The molecule has 1 aromatic carbocycles. The molecule has 0 aliphatic carbocycles. The molecular weight excluding hydrogens is 338 g/mol. The maximum atomic E-state index is 12.4. The van der Waals surface area contributed by atoms with Gasteiger partial charge in [0, 0.05) is 38.7 Å². The van der Waals surface area contributed by atoms with E-state index in [9.17, 15) is 9.59 Å². The fourth-order valence-electron chi connectivity index (χ4n) is 2.67. The average molecular weight is 359 g/mol. The number of anilines is 2. The molecule has 3 amide bonds. The zero-order valence-electron chi connectivity index (χ0n) is 14.7. The van der Waals surface area contributed by atoms with Gasteiger partial charge in [-0.1, -0.05) is 17.4 Å². The standard InChI is InChI=1S/C17H21N5O2S/c1-10-5-6-13(7-11(10)2)22-9-12(8-14(22)23)15-19-20-16(25-15)18-17(24)21(3)4/h5-7,12H,8-9H2,1-4H3,(H,18,20,24). The Bertz CT molecular complexity index is 817. The number of hydrogen-bond acceptors (Lipinski definition) is 5. The van der Waals surface area contributed by atoms with Gasteiger partial charge in [0.1, 0.15) is 5.01 Å². The number of benzene rings is 1. The van der Waals surface area contributed by atoms with Crippen molar-refractivity contribution in [1.29, 1.82) is 0 Å². The van der Waals surface area contributed by atoms with Crippen molar-refractivity contribution in [1.82, 2.24) is 15.1 Å². The number of nitrogens with zero attached hydrogens (tertiary/aromatic N) is 4. The van der Waals surface area contributed by atoms with Gasteiger partial charge in [-0.25, -0.2) is 4.79 Å². The molecular formula is C17H21N5O2S. The van der Waals surface area contributed by atoms with Crippen LogP contribution in [0.4, 0.5) is 15.6 Å². The van der Waals surface area contributed by atoms with Crippen LogP contribution in [0, 0.1) is 13.8 Å². The van der Waals surface area contributed by atoms with E-state index in [0.717, 1.165) is 10.7 Å². The maximum Gasteiger partial charge on any atom is 0.323 e. The van der Waals surface area contributed by atoms with Gasteiger partial charge in [0.2, 0.25) is 11.0 Å². The van der Waals surface area contributed by atoms with E-state index in [2.05, 4.69) is 22.4 Å². The first kappa shape index (κ1) is 17.3. The van der Waals surface area contributed by atoms with E-state index in [1.807, 2.05) is 25.1 Å². The van der Waals surface area contributed by atoms with Crippen LogP contribution in [0.1, 0.15) is 28.5 Å². The Balaban J connectivity index is 1.73. The highest BCUT2D eigenvalue weighted by Crippen LogP contribution is 2.34. The predicted molar refractivity (Wildman–Crippen MR) is 98.2 cm³/mol. The first-order valence-corrected chi connectivity index (χ1v) is 8.86. The Hall–Kier alpha value is -2.48. The molecule has 1 aromatic heterocycles. The molecule has 1 saturated heterocycles. The minimum absolute atomic E-state index is 0.00313. The second-order valence-electron chi connectivity index (χ2n) is 6.44. The third kappa shape index (κ3) is 3.63. The number of carbonyl (C=O) groups excluding carboxylic acids is 2. The lowest BCUT2D eigenvalue weighted by molar-refractivity contribution is -0.117. The number of carbonyl (C=O) groups is 2. The van der Waals surface area contributed by atoms with Crippen LogP contribution in [0.3, 0.4) is 0 Å². The SMILES string of the molecule is Cc1ccc(N2CC(c3nnc(NC(=O)N(C)C)s3)CC2=O)cc1C. The van der Waals surface area contributed by atoms with E-state index in [4.69, 9.17) is 0 Å². The average Bonchev–Trinajstić information content (AvgIpc) is 3.16. The van der Waals surface area contributed by atoms with Crippen LogP contribution >= 0.6 is 11.3 Å². The molecule has 25 heavy (non-hydrogen) atoms. The van der Waals surface area contributed by atoms with Crippen LogP contribution in [0.5, 0.6) is 0 Å². The molecule has 1 fully saturated rings. The van der Waals surface area contributed by atoms with E-state index < -0.39 is 0 Å². The lowest BCUT2D eigenvalue weighted by atomic mass is 10.1. The van der Waals surface area contributed by atoms with Crippen LogP contribution in [-0.4, -0.2) is 47.7 Å². The number of amides is 3. The molecule has 3 rings (SSSR count). The zero-order chi connectivity index (χ0) is 18.1. The van der Waals surface area contributed by atoms with Crippen molar-refractivity contribution >= 4 is 34.1 Å². The smallest absolute Gasteiger partial charge is 0.323 e. The van der Waals surface area contributed by atoms with Gasteiger partial charge in [0.15, 0.2) is 0 Å². The zero-order valence-corrected chi connectivity index (χ0v) is 15.6. The summed E-state index contributed by atoms with van der Waals surface area (Å²) in [4.78, 5) is 27.4. The predicted octanol–water partition coefficient (Wildman–Crippen LogP) is 2.77. The molecule has 1 unspecified atom stereocenters. The molecule has 1 atom stereocenters. The number of aryl methyl sites for hydroxylation is 2. The van der Waals surface area contributed by atoms with Gasteiger partial charge in [-0.05, 0) is 37.1 Å². The number of aromatic nitrogens is 2. The highest BCUT2D eigenvalue weighted by molar-refractivity contribution is 7.15. The minimum atomic E-state index is -0.248. The van der Waals surface area contributed by atoms with Crippen LogP contribution in [0.2, 0.25) is 0 Å². The third-order valence-corrected chi connectivity index (χ3v) is 5.34. The van der Waals surface area contributed by atoms with Crippen LogP contribution in [0.25, 0.3) is 0 Å².